The van der Waals surface area contributed by atoms with Crippen LogP contribution in [-0.2, 0) is 22.7 Å². The molecule has 1 aliphatic rings. The molecule has 0 unspecified atom stereocenters. The van der Waals surface area contributed by atoms with Crippen LogP contribution in [0.25, 0.3) is 53.6 Å². The maximum Gasteiger partial charge on any atom is 0.339 e. The monoisotopic (exact) mass is 864 g/mol. The van der Waals surface area contributed by atoms with Crippen molar-refractivity contribution >= 4 is 67.3 Å². The molecule has 316 valence electrons. The predicted molar refractivity (Wildman–Crippen MR) is 263 cm³/mol. The Labute approximate surface area is 378 Å². The highest BCUT2D eigenvalue weighted by molar-refractivity contribution is 7.16. The molecule has 0 aliphatic heterocycles. The van der Waals surface area contributed by atoms with Gasteiger partial charge in [-0.05, 0) is 120 Å². The summed E-state index contributed by atoms with van der Waals surface area (Å²) in [6, 6.07) is 48.9. The number of carbonyl (C=O) groups excluding carboxylic acids is 2. The van der Waals surface area contributed by atoms with Gasteiger partial charge in [0.1, 0.15) is 13.2 Å². The summed E-state index contributed by atoms with van der Waals surface area (Å²) in [5.74, 6) is -0.634. The molecule has 1 aliphatic carbocycles. The lowest BCUT2D eigenvalue weighted by atomic mass is 9.57. The standard InChI is InChI=1S/C57H52O4S2/c1-35-47(31-49(62-35)41-27-23-37(24-28-41)33-60-53(58)45-21-13-17-39-15-9-11-19-43(39)45)51-52(56(5,6)57(7,8)55(51,3)4)48-32-50(63-36(48)2)42-29-25-38(26-30-42)34-61-54(59)46-22-14-18-40-16-10-12-20-44(40)46/h9-32H,33-34H2,1-8H3. The second-order valence-corrected chi connectivity index (χ2v) is 20.9. The number of fused-ring (bicyclic) bond motifs is 2. The maximum absolute atomic E-state index is 13.1. The number of hydrogen-bond acceptors (Lipinski definition) is 6. The number of carbonyl (C=O) groups is 2. The molecule has 2 heterocycles. The van der Waals surface area contributed by atoms with Gasteiger partial charge in [-0.2, -0.15) is 0 Å². The van der Waals surface area contributed by atoms with E-state index in [0.717, 1.165) is 43.8 Å². The Hall–Kier alpha value is -6.08. The molecule has 0 spiro atoms. The zero-order valence-electron chi connectivity index (χ0n) is 37.2. The number of rotatable bonds is 10. The Morgan fingerprint density at radius 2 is 0.841 bits per heavy atom. The maximum atomic E-state index is 13.1. The highest BCUT2D eigenvalue weighted by Gasteiger charge is 2.59. The predicted octanol–water partition coefficient (Wildman–Crippen LogP) is 15.8. The van der Waals surface area contributed by atoms with Gasteiger partial charge in [0.2, 0.25) is 0 Å². The molecule has 0 saturated heterocycles. The summed E-state index contributed by atoms with van der Waals surface area (Å²) in [4.78, 5) is 31.3. The number of esters is 2. The Kier molecular flexibility index (Phi) is 10.9. The van der Waals surface area contributed by atoms with Gasteiger partial charge in [-0.25, -0.2) is 9.59 Å². The summed E-state index contributed by atoms with van der Waals surface area (Å²) in [6.45, 7) is 19.5. The summed E-state index contributed by atoms with van der Waals surface area (Å²) < 4.78 is 11.6. The lowest BCUT2D eigenvalue weighted by Gasteiger charge is -2.46. The molecule has 63 heavy (non-hydrogen) atoms. The summed E-state index contributed by atoms with van der Waals surface area (Å²) >= 11 is 3.68. The van der Waals surface area contributed by atoms with Crippen molar-refractivity contribution in [2.75, 3.05) is 0 Å². The molecule has 0 saturated carbocycles. The van der Waals surface area contributed by atoms with E-state index in [1.165, 1.54) is 41.8 Å². The van der Waals surface area contributed by atoms with Crippen LogP contribution in [0.15, 0.2) is 146 Å². The van der Waals surface area contributed by atoms with Gasteiger partial charge in [-0.1, -0.05) is 163 Å². The quantitative estimate of drug-likeness (QED) is 0.129. The van der Waals surface area contributed by atoms with Crippen LogP contribution >= 0.6 is 22.7 Å². The number of benzene rings is 6. The second kappa shape index (κ2) is 16.2. The smallest absolute Gasteiger partial charge is 0.339 e. The molecule has 0 radical (unpaired) electrons. The van der Waals surface area contributed by atoms with Crippen LogP contribution in [0.1, 0.15) is 94.3 Å². The third-order valence-electron chi connectivity index (χ3n) is 14.2. The first-order chi connectivity index (χ1) is 30.2. The Balaban J connectivity index is 0.965. The van der Waals surface area contributed by atoms with Crippen molar-refractivity contribution in [3.63, 3.8) is 0 Å². The van der Waals surface area contributed by atoms with Gasteiger partial charge in [-0.3, -0.25) is 0 Å². The molecule has 0 bridgehead atoms. The molecule has 0 amide bonds. The average Bonchev–Trinajstić information content (AvgIpc) is 3.89. The minimum absolute atomic E-state index is 0.0516. The lowest BCUT2D eigenvalue weighted by molar-refractivity contribution is 0.0466. The highest BCUT2D eigenvalue weighted by Crippen LogP contribution is 2.71. The van der Waals surface area contributed by atoms with E-state index in [1.807, 2.05) is 108 Å². The normalized spacial score (nSPS) is 15.2. The van der Waals surface area contributed by atoms with Crippen LogP contribution in [0.4, 0.5) is 0 Å². The molecule has 4 nitrogen and oxygen atoms in total. The topological polar surface area (TPSA) is 52.6 Å². The number of thiophene rings is 2. The van der Waals surface area contributed by atoms with Crippen molar-refractivity contribution < 1.29 is 19.1 Å². The first-order valence-electron chi connectivity index (χ1n) is 21.6. The van der Waals surface area contributed by atoms with Crippen molar-refractivity contribution in [1.29, 1.82) is 0 Å². The molecule has 0 atom stereocenters. The average molecular weight is 865 g/mol. The molecule has 6 heteroatoms. The lowest BCUT2D eigenvalue weighted by Crippen LogP contribution is -2.39. The van der Waals surface area contributed by atoms with E-state index in [0.29, 0.717) is 11.1 Å². The Morgan fingerprint density at radius 3 is 1.24 bits per heavy atom. The van der Waals surface area contributed by atoms with Crippen LogP contribution in [-0.4, -0.2) is 11.9 Å². The fourth-order valence-electron chi connectivity index (χ4n) is 9.51. The molecular formula is C57H52O4S2. The van der Waals surface area contributed by atoms with E-state index in [2.05, 4.69) is 116 Å². The Morgan fingerprint density at radius 1 is 0.476 bits per heavy atom. The highest BCUT2D eigenvalue weighted by atomic mass is 32.1. The molecular weight excluding hydrogens is 813 g/mol. The molecule has 0 N–H and O–H groups in total. The SMILES string of the molecule is Cc1sc(-c2ccc(COC(=O)c3cccc4ccccc34)cc2)cc1C1=C(c2cc(-c3ccc(COC(=O)c4cccc5ccccc45)cc3)sc2C)C(C)(C)C(C)(C)C1(C)C. The van der Waals surface area contributed by atoms with E-state index < -0.39 is 0 Å². The van der Waals surface area contributed by atoms with Gasteiger partial charge in [0.05, 0.1) is 11.1 Å². The van der Waals surface area contributed by atoms with E-state index >= 15 is 0 Å². The summed E-state index contributed by atoms with van der Waals surface area (Å²) in [5, 5.41) is 3.84. The van der Waals surface area contributed by atoms with Gasteiger partial charge in [-0.15, -0.1) is 22.7 Å². The van der Waals surface area contributed by atoms with Gasteiger partial charge in [0.25, 0.3) is 0 Å². The number of aryl methyl sites for hydroxylation is 2. The van der Waals surface area contributed by atoms with Crippen LogP contribution in [0, 0.1) is 30.1 Å². The summed E-state index contributed by atoms with van der Waals surface area (Å²) in [6.07, 6.45) is 0. The number of ether oxygens (including phenoxy) is 2. The van der Waals surface area contributed by atoms with Crippen molar-refractivity contribution in [3.8, 4) is 20.9 Å². The zero-order valence-corrected chi connectivity index (χ0v) is 38.9. The molecule has 0 fully saturated rings. The van der Waals surface area contributed by atoms with Crippen molar-refractivity contribution in [2.24, 2.45) is 16.2 Å². The first kappa shape index (κ1) is 42.2. The third-order valence-corrected chi connectivity index (χ3v) is 16.4. The fraction of sp³-hybridized carbons (Fsp3) is 0.228. The van der Waals surface area contributed by atoms with Crippen molar-refractivity contribution in [1.82, 2.24) is 0 Å². The minimum atomic E-state index is -0.317. The zero-order chi connectivity index (χ0) is 44.3. The van der Waals surface area contributed by atoms with Crippen molar-refractivity contribution in [2.45, 2.75) is 68.6 Å². The van der Waals surface area contributed by atoms with E-state index in [-0.39, 0.29) is 41.4 Å². The Bertz CT molecular complexity index is 2860. The van der Waals surface area contributed by atoms with Crippen molar-refractivity contribution in [3.05, 3.63) is 189 Å². The van der Waals surface area contributed by atoms with Gasteiger partial charge in [0, 0.05) is 19.5 Å². The summed E-state index contributed by atoms with van der Waals surface area (Å²) in [7, 11) is 0. The summed E-state index contributed by atoms with van der Waals surface area (Å²) in [5.41, 5.74) is 10.5. The number of hydrogen-bond donors (Lipinski definition) is 0. The van der Waals surface area contributed by atoms with Crippen LogP contribution in [0.2, 0.25) is 0 Å². The van der Waals surface area contributed by atoms with Crippen LogP contribution in [0.5, 0.6) is 0 Å². The van der Waals surface area contributed by atoms with E-state index in [1.54, 1.807) is 0 Å². The first-order valence-corrected chi connectivity index (χ1v) is 23.2. The van der Waals surface area contributed by atoms with Gasteiger partial charge < -0.3 is 9.47 Å². The van der Waals surface area contributed by atoms with Gasteiger partial charge >= 0.3 is 11.9 Å². The van der Waals surface area contributed by atoms with E-state index in [4.69, 9.17) is 9.47 Å². The number of allylic oxidation sites excluding steroid dienone is 2. The third kappa shape index (κ3) is 7.43. The molecule has 6 aromatic carbocycles. The molecule has 9 rings (SSSR count). The van der Waals surface area contributed by atoms with Crippen LogP contribution < -0.4 is 0 Å². The van der Waals surface area contributed by atoms with Gasteiger partial charge in [0.15, 0.2) is 0 Å². The fourth-order valence-corrected chi connectivity index (χ4v) is 11.6. The largest absolute Gasteiger partial charge is 0.457 e. The van der Waals surface area contributed by atoms with Crippen LogP contribution in [0.3, 0.4) is 0 Å². The molecule has 8 aromatic rings. The second-order valence-electron chi connectivity index (χ2n) is 18.4. The minimum Gasteiger partial charge on any atom is -0.457 e. The van der Waals surface area contributed by atoms with E-state index in [9.17, 15) is 9.59 Å². The molecule has 2 aromatic heterocycles.